The first kappa shape index (κ1) is 34.6. The third kappa shape index (κ3) is 7.19. The first-order valence-corrected chi connectivity index (χ1v) is 20.0. The highest BCUT2D eigenvalue weighted by Crippen LogP contribution is 2.38. The van der Waals surface area contributed by atoms with Crippen molar-refractivity contribution in [1.82, 2.24) is 14.9 Å². The lowest BCUT2D eigenvalue weighted by Gasteiger charge is -2.34. The minimum Gasteiger partial charge on any atom is -0.371 e. The Morgan fingerprint density at radius 2 is 1.07 bits per heavy atom. The van der Waals surface area contributed by atoms with Crippen molar-refractivity contribution in [3.8, 4) is 0 Å². The lowest BCUT2D eigenvalue weighted by molar-refractivity contribution is 0.578. The Morgan fingerprint density at radius 1 is 0.491 bits per heavy atom. The van der Waals surface area contributed by atoms with E-state index in [2.05, 4.69) is 79.0 Å². The number of rotatable bonds is 9. The van der Waals surface area contributed by atoms with Gasteiger partial charge in [0, 0.05) is 66.6 Å². The molecule has 5 aromatic rings. The second-order valence-corrected chi connectivity index (χ2v) is 14.8. The number of amidine groups is 1. The summed E-state index contributed by atoms with van der Waals surface area (Å²) < 4.78 is 0. The monoisotopic (exact) mass is 749 g/mol. The van der Waals surface area contributed by atoms with Gasteiger partial charge in [-0.25, -0.2) is 24.9 Å². The molecule has 5 aliphatic rings. The van der Waals surface area contributed by atoms with E-state index in [4.69, 9.17) is 20.0 Å². The van der Waals surface area contributed by atoms with Crippen LogP contribution >= 0.6 is 0 Å². The van der Waals surface area contributed by atoms with E-state index in [9.17, 15) is 0 Å². The second-order valence-electron chi connectivity index (χ2n) is 14.8. The zero-order chi connectivity index (χ0) is 38.0. The van der Waals surface area contributed by atoms with Crippen LogP contribution in [0.25, 0.3) is 5.70 Å². The van der Waals surface area contributed by atoms with Crippen LogP contribution in [0.3, 0.4) is 0 Å². The van der Waals surface area contributed by atoms with Crippen LogP contribution in [-0.4, -0.2) is 64.5 Å². The fourth-order valence-corrected chi connectivity index (χ4v) is 8.07. The Labute approximate surface area is 332 Å². The summed E-state index contributed by atoms with van der Waals surface area (Å²) in [6.07, 6.45) is 15.2. The summed E-state index contributed by atoms with van der Waals surface area (Å²) >= 11 is 0. The molecule has 7 heterocycles. The predicted octanol–water partition coefficient (Wildman–Crippen LogP) is 9.16. The summed E-state index contributed by atoms with van der Waals surface area (Å²) in [7, 11) is 0. The van der Waals surface area contributed by atoms with Gasteiger partial charge in [0.05, 0.1) is 28.5 Å². The standard InChI is InChI=1S/C46H43N11/c1-4-14-32(15-5-1)44-53-45-51-40(36-20-18-33(55-24-10-2-11-25-55)28-38(36)49-42-16-6-8-22-47-42)30-35-31-41(52-46(54-44)57(35)45)37-21-19-34(56-26-12-3-13-27-56)29-39(37)50-43-17-7-9-23-48-43/h1,4-9,14-23,28-31H,2-3,10-13,24-27H2,(H,47,49)(H,48,50). The largest absolute Gasteiger partial charge is 0.371 e. The SMILES string of the molecule is C1=C(c2ccc(N3CCCCC3)cc2Nc2ccccn2)N=C2N=C(c3ccccc3)N=C3N=C(c4ccc(N5CCCCC5)cc4Nc4ccccn4)C=C1N23. The molecule has 0 spiro atoms. The van der Waals surface area contributed by atoms with Crippen LogP contribution in [0.4, 0.5) is 34.4 Å². The maximum absolute atomic E-state index is 5.24. The number of hydrogen-bond acceptors (Lipinski definition) is 11. The average Bonchev–Trinajstić information content (AvgIpc) is 3.28. The van der Waals surface area contributed by atoms with E-state index < -0.39 is 0 Å². The van der Waals surface area contributed by atoms with E-state index in [-0.39, 0.29) is 0 Å². The maximum Gasteiger partial charge on any atom is 0.239 e. The number of aliphatic imine (C=N–C) groups is 4. The molecule has 0 radical (unpaired) electrons. The number of pyridine rings is 2. The minimum absolute atomic E-state index is 0.515. The van der Waals surface area contributed by atoms with Crippen LogP contribution in [0.1, 0.15) is 55.2 Å². The molecular weight excluding hydrogens is 707 g/mol. The number of allylic oxidation sites excluding steroid dienone is 2. The van der Waals surface area contributed by atoms with Gasteiger partial charge in [-0.2, -0.15) is 9.98 Å². The molecule has 2 N–H and O–H groups in total. The van der Waals surface area contributed by atoms with E-state index >= 15 is 0 Å². The maximum atomic E-state index is 5.24. The lowest BCUT2D eigenvalue weighted by atomic mass is 10.0. The average molecular weight is 750 g/mol. The van der Waals surface area contributed by atoms with Gasteiger partial charge in [-0.15, -0.1) is 0 Å². The number of nitrogens with zero attached hydrogens (tertiary/aromatic N) is 9. The lowest BCUT2D eigenvalue weighted by Crippen LogP contribution is -2.42. The third-order valence-electron chi connectivity index (χ3n) is 11.0. The molecule has 2 aromatic heterocycles. The van der Waals surface area contributed by atoms with Crippen LogP contribution in [0.5, 0.6) is 0 Å². The van der Waals surface area contributed by atoms with Crippen molar-refractivity contribution < 1.29 is 0 Å². The Hall–Kier alpha value is -6.88. The van der Waals surface area contributed by atoms with E-state index in [1.54, 1.807) is 12.4 Å². The molecule has 57 heavy (non-hydrogen) atoms. The molecule has 0 saturated carbocycles. The van der Waals surface area contributed by atoms with Crippen LogP contribution in [-0.2, 0) is 0 Å². The number of piperidine rings is 2. The van der Waals surface area contributed by atoms with Gasteiger partial charge in [-0.1, -0.05) is 42.5 Å². The van der Waals surface area contributed by atoms with E-state index in [1.165, 1.54) is 49.9 Å². The van der Waals surface area contributed by atoms with Gasteiger partial charge >= 0.3 is 0 Å². The molecule has 282 valence electrons. The van der Waals surface area contributed by atoms with E-state index in [1.807, 2.05) is 71.6 Å². The number of hydrogen-bond donors (Lipinski definition) is 2. The smallest absolute Gasteiger partial charge is 0.239 e. The topological polar surface area (TPSA) is 109 Å². The van der Waals surface area contributed by atoms with Gasteiger partial charge in [-0.05, 0) is 111 Å². The van der Waals surface area contributed by atoms with Crippen molar-refractivity contribution in [1.29, 1.82) is 0 Å². The predicted molar refractivity (Wildman–Crippen MR) is 232 cm³/mol. The number of guanidine groups is 2. The zero-order valence-electron chi connectivity index (χ0n) is 31.7. The van der Waals surface area contributed by atoms with E-state index in [0.717, 1.165) is 83.0 Å². The Morgan fingerprint density at radius 3 is 1.68 bits per heavy atom. The molecular formula is C46H43N11. The van der Waals surface area contributed by atoms with Gasteiger partial charge in [0.15, 0.2) is 5.84 Å². The molecule has 11 nitrogen and oxygen atoms in total. The molecule has 0 unspecified atom stereocenters. The molecule has 0 aliphatic carbocycles. The van der Waals surface area contributed by atoms with Gasteiger partial charge < -0.3 is 20.4 Å². The molecule has 0 amide bonds. The van der Waals surface area contributed by atoms with Crippen molar-refractivity contribution in [3.63, 3.8) is 0 Å². The Kier molecular flexibility index (Phi) is 9.31. The first-order valence-electron chi connectivity index (χ1n) is 20.0. The van der Waals surface area contributed by atoms with Gasteiger partial charge in [0.25, 0.3) is 0 Å². The van der Waals surface area contributed by atoms with Crippen LogP contribution in [0.2, 0.25) is 0 Å². The molecule has 0 atom stereocenters. The summed E-state index contributed by atoms with van der Waals surface area (Å²) in [6.45, 7) is 4.19. The summed E-state index contributed by atoms with van der Waals surface area (Å²) in [5, 5.41) is 7.25. The highest BCUT2D eigenvalue weighted by Gasteiger charge is 2.34. The fraction of sp³-hybridized carbons (Fsp3) is 0.217. The molecule has 5 aliphatic heterocycles. The number of aromatic nitrogens is 2. The van der Waals surface area contributed by atoms with Gasteiger partial charge in [0.1, 0.15) is 11.6 Å². The quantitative estimate of drug-likeness (QED) is 0.155. The van der Waals surface area contributed by atoms with Gasteiger partial charge in [0.2, 0.25) is 11.9 Å². The number of anilines is 6. The molecule has 2 saturated heterocycles. The summed E-state index contributed by atoms with van der Waals surface area (Å²) in [4.78, 5) is 36.7. The summed E-state index contributed by atoms with van der Waals surface area (Å²) in [6, 6.07) is 35.1. The molecule has 10 rings (SSSR count). The summed E-state index contributed by atoms with van der Waals surface area (Å²) in [5.74, 6) is 3.13. The highest BCUT2D eigenvalue weighted by molar-refractivity contribution is 6.27. The zero-order valence-corrected chi connectivity index (χ0v) is 31.7. The number of benzene rings is 3. The number of nitrogens with one attached hydrogen (secondary N) is 2. The van der Waals surface area contributed by atoms with Crippen molar-refractivity contribution in [2.45, 2.75) is 38.5 Å². The fourth-order valence-electron chi connectivity index (χ4n) is 8.07. The second kappa shape index (κ2) is 15.3. The van der Waals surface area contributed by atoms with Crippen molar-refractivity contribution >= 4 is 63.5 Å². The molecule has 3 aromatic carbocycles. The normalized spacial score (nSPS) is 17.6. The minimum atomic E-state index is 0.515. The van der Waals surface area contributed by atoms with Gasteiger partial charge in [-0.3, -0.25) is 0 Å². The Bertz CT molecular complexity index is 2370. The van der Waals surface area contributed by atoms with Crippen molar-refractivity contribution in [2.75, 3.05) is 46.6 Å². The van der Waals surface area contributed by atoms with E-state index in [0.29, 0.717) is 17.8 Å². The molecule has 11 heteroatoms. The third-order valence-corrected chi connectivity index (χ3v) is 11.0. The van der Waals surface area contributed by atoms with Crippen molar-refractivity contribution in [2.24, 2.45) is 20.0 Å². The van der Waals surface area contributed by atoms with Crippen LogP contribution < -0.4 is 20.4 Å². The first-order chi connectivity index (χ1) is 28.2. The highest BCUT2D eigenvalue weighted by atomic mass is 15.4. The molecule has 2 fully saturated rings. The van der Waals surface area contributed by atoms with Crippen LogP contribution in [0.15, 0.2) is 153 Å². The molecule has 0 bridgehead atoms. The summed E-state index contributed by atoms with van der Waals surface area (Å²) in [5.41, 5.74) is 9.45. The van der Waals surface area contributed by atoms with Crippen LogP contribution in [0, 0.1) is 0 Å². The Balaban J connectivity index is 1.11. The van der Waals surface area contributed by atoms with Crippen molar-refractivity contribution in [3.05, 3.63) is 150 Å².